The molecule has 0 saturated carbocycles. The Morgan fingerprint density at radius 3 is 3.00 bits per heavy atom. The van der Waals surface area contributed by atoms with E-state index in [9.17, 15) is 4.79 Å². The Balaban J connectivity index is 1.56. The maximum absolute atomic E-state index is 12.5. The molecule has 1 aliphatic rings. The predicted molar refractivity (Wildman–Crippen MR) is 87.0 cm³/mol. The summed E-state index contributed by atoms with van der Waals surface area (Å²) >= 11 is 0. The molecule has 1 saturated heterocycles. The molecule has 0 spiro atoms. The van der Waals surface area contributed by atoms with Crippen LogP contribution >= 0.6 is 0 Å². The van der Waals surface area contributed by atoms with Gasteiger partial charge in [-0.1, -0.05) is 0 Å². The molecule has 3 aromatic heterocycles. The molecular weight excluding hydrogens is 308 g/mol. The highest BCUT2D eigenvalue weighted by Gasteiger charge is 2.23. The molecule has 0 unspecified atom stereocenters. The summed E-state index contributed by atoms with van der Waals surface area (Å²) in [6.45, 7) is 4.89. The molecule has 1 aliphatic heterocycles. The third-order valence-corrected chi connectivity index (χ3v) is 4.23. The zero-order valence-electron chi connectivity index (χ0n) is 13.4. The van der Waals surface area contributed by atoms with E-state index in [0.29, 0.717) is 18.8 Å². The van der Waals surface area contributed by atoms with Crippen LogP contribution in [0.3, 0.4) is 0 Å². The molecular formula is C16H18N6O2. The number of carbonyl (C=O) groups excluding carboxylic acids is 1. The summed E-state index contributed by atoms with van der Waals surface area (Å²) in [4.78, 5) is 16.5. The molecule has 24 heavy (non-hydrogen) atoms. The van der Waals surface area contributed by atoms with Crippen LogP contribution in [0.15, 0.2) is 35.2 Å². The monoisotopic (exact) mass is 326 g/mol. The highest BCUT2D eigenvalue weighted by Crippen LogP contribution is 2.22. The molecule has 124 valence electrons. The molecule has 0 aliphatic carbocycles. The van der Waals surface area contributed by atoms with E-state index in [4.69, 9.17) is 4.42 Å². The minimum absolute atomic E-state index is 0.0552. The minimum atomic E-state index is -0.0552. The molecule has 4 heterocycles. The fourth-order valence-electron chi connectivity index (χ4n) is 3.08. The fourth-order valence-corrected chi connectivity index (χ4v) is 3.08. The number of fused-ring (bicyclic) bond motifs is 1. The largest absolute Gasteiger partial charge is 0.459 e. The van der Waals surface area contributed by atoms with E-state index in [1.807, 2.05) is 17.9 Å². The number of amides is 1. The first kappa shape index (κ1) is 14.7. The van der Waals surface area contributed by atoms with E-state index in [1.165, 1.54) is 6.26 Å². The van der Waals surface area contributed by atoms with Crippen LogP contribution in [0.2, 0.25) is 0 Å². The topological polar surface area (TPSA) is 79.8 Å². The van der Waals surface area contributed by atoms with E-state index in [1.54, 1.807) is 23.0 Å². The molecule has 0 bridgehead atoms. The zero-order chi connectivity index (χ0) is 16.5. The Kier molecular flexibility index (Phi) is 3.64. The summed E-state index contributed by atoms with van der Waals surface area (Å²) in [6.07, 6.45) is 4.02. The number of carbonyl (C=O) groups is 1. The SMILES string of the molecule is Cc1cc(N2CCCN(C(=O)c3ccco3)CC2)c2nncn2n1. The highest BCUT2D eigenvalue weighted by molar-refractivity contribution is 5.91. The molecule has 0 aromatic carbocycles. The maximum atomic E-state index is 12.5. The maximum Gasteiger partial charge on any atom is 0.289 e. The average Bonchev–Trinajstić information content (AvgIpc) is 3.20. The van der Waals surface area contributed by atoms with Gasteiger partial charge in [-0.25, -0.2) is 0 Å². The first-order valence-electron chi connectivity index (χ1n) is 7.98. The molecule has 0 N–H and O–H groups in total. The highest BCUT2D eigenvalue weighted by atomic mass is 16.3. The van der Waals surface area contributed by atoms with Crippen LogP contribution < -0.4 is 4.90 Å². The number of hydrogen-bond acceptors (Lipinski definition) is 6. The van der Waals surface area contributed by atoms with E-state index in [2.05, 4.69) is 20.2 Å². The van der Waals surface area contributed by atoms with Crippen molar-refractivity contribution in [2.45, 2.75) is 13.3 Å². The van der Waals surface area contributed by atoms with Gasteiger partial charge in [0.05, 0.1) is 17.6 Å². The Hall–Kier alpha value is -2.90. The molecule has 0 atom stereocenters. The molecule has 3 aromatic rings. The van der Waals surface area contributed by atoms with Gasteiger partial charge in [-0.05, 0) is 31.5 Å². The number of aryl methyl sites for hydroxylation is 1. The number of hydrogen-bond donors (Lipinski definition) is 0. The average molecular weight is 326 g/mol. The van der Waals surface area contributed by atoms with Crippen molar-refractivity contribution in [1.29, 1.82) is 0 Å². The number of rotatable bonds is 2. The van der Waals surface area contributed by atoms with Crippen molar-refractivity contribution in [3.8, 4) is 0 Å². The van der Waals surface area contributed by atoms with Gasteiger partial charge < -0.3 is 14.2 Å². The smallest absolute Gasteiger partial charge is 0.289 e. The van der Waals surface area contributed by atoms with Crippen LogP contribution in [-0.2, 0) is 0 Å². The summed E-state index contributed by atoms with van der Waals surface area (Å²) < 4.78 is 6.92. The van der Waals surface area contributed by atoms with E-state index in [0.717, 1.165) is 36.5 Å². The van der Waals surface area contributed by atoms with Gasteiger partial charge in [0.15, 0.2) is 5.76 Å². The quantitative estimate of drug-likeness (QED) is 0.708. The Morgan fingerprint density at radius 1 is 1.25 bits per heavy atom. The number of nitrogens with zero attached hydrogens (tertiary/aromatic N) is 6. The van der Waals surface area contributed by atoms with Crippen LogP contribution in [0.5, 0.6) is 0 Å². The van der Waals surface area contributed by atoms with E-state index >= 15 is 0 Å². The second-order valence-electron chi connectivity index (χ2n) is 5.88. The van der Waals surface area contributed by atoms with E-state index in [-0.39, 0.29) is 5.91 Å². The molecule has 8 nitrogen and oxygen atoms in total. The van der Waals surface area contributed by atoms with Crippen LogP contribution in [0.25, 0.3) is 5.65 Å². The van der Waals surface area contributed by atoms with Crippen molar-refractivity contribution in [2.75, 3.05) is 31.1 Å². The first-order valence-corrected chi connectivity index (χ1v) is 7.98. The zero-order valence-corrected chi connectivity index (χ0v) is 13.4. The molecule has 0 radical (unpaired) electrons. The molecule has 8 heteroatoms. The van der Waals surface area contributed by atoms with Crippen molar-refractivity contribution in [2.24, 2.45) is 0 Å². The van der Waals surface area contributed by atoms with Crippen molar-refractivity contribution < 1.29 is 9.21 Å². The lowest BCUT2D eigenvalue weighted by molar-refractivity contribution is 0.0735. The summed E-state index contributed by atoms with van der Waals surface area (Å²) in [5.41, 5.74) is 2.66. The van der Waals surface area contributed by atoms with Gasteiger partial charge in [0.1, 0.15) is 6.33 Å². The standard InChI is InChI=1S/C16H18N6O2/c1-12-10-13(15-18-17-11-22(15)19-12)20-5-3-6-21(8-7-20)16(23)14-4-2-9-24-14/h2,4,9-11H,3,5-8H2,1H3. The Morgan fingerprint density at radius 2 is 2.17 bits per heavy atom. The predicted octanol–water partition coefficient (Wildman–Crippen LogP) is 1.38. The molecule has 1 fully saturated rings. The summed E-state index contributed by atoms with van der Waals surface area (Å²) in [5.74, 6) is 0.337. The van der Waals surface area contributed by atoms with Crippen LogP contribution in [-0.4, -0.2) is 56.8 Å². The molecule has 1 amide bonds. The van der Waals surface area contributed by atoms with Crippen molar-refractivity contribution >= 4 is 17.2 Å². The fraction of sp³-hybridized carbons (Fsp3) is 0.375. The minimum Gasteiger partial charge on any atom is -0.459 e. The first-order chi connectivity index (χ1) is 11.7. The van der Waals surface area contributed by atoms with Gasteiger partial charge in [-0.2, -0.15) is 9.61 Å². The van der Waals surface area contributed by atoms with E-state index < -0.39 is 0 Å². The van der Waals surface area contributed by atoms with Gasteiger partial charge in [-0.15, -0.1) is 10.2 Å². The number of furan rings is 1. The third kappa shape index (κ3) is 2.60. The number of aromatic nitrogens is 4. The second-order valence-corrected chi connectivity index (χ2v) is 5.88. The lowest BCUT2D eigenvalue weighted by atomic mass is 10.3. The van der Waals surface area contributed by atoms with Crippen LogP contribution in [0.4, 0.5) is 5.69 Å². The van der Waals surface area contributed by atoms with Crippen molar-refractivity contribution in [3.05, 3.63) is 42.2 Å². The number of anilines is 1. The van der Waals surface area contributed by atoms with Crippen molar-refractivity contribution in [1.82, 2.24) is 24.7 Å². The van der Waals surface area contributed by atoms with Crippen molar-refractivity contribution in [3.63, 3.8) is 0 Å². The Labute approximate surface area is 138 Å². The van der Waals surface area contributed by atoms with Gasteiger partial charge in [-0.3, -0.25) is 4.79 Å². The Bertz CT molecular complexity index is 857. The summed E-state index contributed by atoms with van der Waals surface area (Å²) in [7, 11) is 0. The second kappa shape index (κ2) is 5.95. The summed E-state index contributed by atoms with van der Waals surface area (Å²) in [6, 6.07) is 5.46. The molecule has 4 rings (SSSR count). The third-order valence-electron chi connectivity index (χ3n) is 4.23. The van der Waals surface area contributed by atoms with Gasteiger partial charge in [0.25, 0.3) is 5.91 Å². The lowest BCUT2D eigenvalue weighted by Crippen LogP contribution is -2.35. The normalized spacial score (nSPS) is 15.7. The van der Waals surface area contributed by atoms with Crippen LogP contribution in [0.1, 0.15) is 22.7 Å². The van der Waals surface area contributed by atoms with Gasteiger partial charge >= 0.3 is 0 Å². The lowest BCUT2D eigenvalue weighted by Gasteiger charge is -2.23. The summed E-state index contributed by atoms with van der Waals surface area (Å²) in [5, 5.41) is 12.5. The van der Waals surface area contributed by atoms with Gasteiger partial charge in [0.2, 0.25) is 5.65 Å². The van der Waals surface area contributed by atoms with Crippen LogP contribution in [0, 0.1) is 6.92 Å². The van der Waals surface area contributed by atoms with Gasteiger partial charge in [0, 0.05) is 26.2 Å².